The molecule has 0 heterocycles. The van der Waals surface area contributed by atoms with Crippen molar-refractivity contribution in [3.05, 3.63) is 0 Å². The highest BCUT2D eigenvalue weighted by Crippen LogP contribution is 2.67. The lowest BCUT2D eigenvalue weighted by atomic mass is 9.84. The summed E-state index contributed by atoms with van der Waals surface area (Å²) >= 11 is 0. The number of carboxylic acid groups (broad SMARTS) is 1. The number of aliphatic carboxylic acids is 1. The van der Waals surface area contributed by atoms with Crippen molar-refractivity contribution < 1.29 is 23.8 Å². The Morgan fingerprint density at radius 3 is 2.46 bits per heavy atom. The fourth-order valence-electron chi connectivity index (χ4n) is 4.43. The molecular weight excluding hydrogens is 313 g/mol. The van der Waals surface area contributed by atoms with Gasteiger partial charge in [0.2, 0.25) is 0 Å². The number of halogens is 1. The molecule has 0 radical (unpaired) electrons. The molecule has 2 saturated carbocycles. The Morgan fingerprint density at radius 1 is 1.42 bits per heavy atom. The van der Waals surface area contributed by atoms with Crippen molar-refractivity contribution in [1.82, 2.24) is 5.32 Å². The van der Waals surface area contributed by atoms with E-state index in [9.17, 15) is 19.1 Å². The van der Waals surface area contributed by atoms with Crippen molar-refractivity contribution in [3.63, 3.8) is 0 Å². The van der Waals surface area contributed by atoms with Crippen molar-refractivity contribution in [2.24, 2.45) is 17.3 Å². The second kappa shape index (κ2) is 6.06. The molecule has 2 aliphatic carbocycles. The minimum absolute atomic E-state index is 0.0448. The van der Waals surface area contributed by atoms with Gasteiger partial charge in [-0.2, -0.15) is 0 Å². The zero-order valence-electron chi connectivity index (χ0n) is 15.5. The number of nitrogens with one attached hydrogen (secondary N) is 1. The van der Waals surface area contributed by atoms with Gasteiger partial charge in [0.25, 0.3) is 0 Å². The Kier molecular flexibility index (Phi) is 4.88. The molecule has 2 aliphatic rings. The minimum Gasteiger partial charge on any atom is -0.480 e. The average molecular weight is 343 g/mol. The van der Waals surface area contributed by atoms with Gasteiger partial charge in [-0.1, -0.05) is 20.8 Å². The van der Waals surface area contributed by atoms with Crippen molar-refractivity contribution in [3.8, 4) is 0 Å². The van der Waals surface area contributed by atoms with Gasteiger partial charge in [-0.05, 0) is 44.9 Å². The molecule has 5 unspecified atom stereocenters. The summed E-state index contributed by atoms with van der Waals surface area (Å²) in [4.78, 5) is 24.7. The van der Waals surface area contributed by atoms with Gasteiger partial charge in [-0.25, -0.2) is 4.39 Å². The normalized spacial score (nSPS) is 34.4. The molecule has 24 heavy (non-hydrogen) atoms. The van der Waals surface area contributed by atoms with Crippen LogP contribution in [-0.4, -0.2) is 46.8 Å². The Hall–Kier alpha value is -1.01. The number of ketones is 1. The van der Waals surface area contributed by atoms with Crippen molar-refractivity contribution >= 4 is 11.8 Å². The monoisotopic (exact) mass is 343 g/mol. The number of rotatable bonds is 6. The molecule has 0 amide bonds. The first kappa shape index (κ1) is 19.3. The van der Waals surface area contributed by atoms with Gasteiger partial charge in [0, 0.05) is 5.92 Å². The predicted octanol–water partition coefficient (Wildman–Crippen LogP) is 2.58. The number of alkyl halides is 1. The number of fused-ring (bicyclic) bond motifs is 1. The van der Waals surface area contributed by atoms with Crippen LogP contribution in [0.4, 0.5) is 4.39 Å². The second-order valence-corrected chi connectivity index (χ2v) is 8.81. The summed E-state index contributed by atoms with van der Waals surface area (Å²) in [5, 5.41) is 12.7. The third-order valence-corrected chi connectivity index (χ3v) is 5.73. The highest BCUT2D eigenvalue weighted by atomic mass is 19.1. The second-order valence-electron chi connectivity index (χ2n) is 8.81. The topological polar surface area (TPSA) is 75.6 Å². The molecule has 5 atom stereocenters. The molecule has 5 nitrogen and oxygen atoms in total. The third-order valence-electron chi connectivity index (χ3n) is 5.73. The van der Waals surface area contributed by atoms with Crippen LogP contribution in [0.3, 0.4) is 0 Å². The van der Waals surface area contributed by atoms with Gasteiger partial charge < -0.3 is 9.84 Å². The molecule has 138 valence electrons. The maximum absolute atomic E-state index is 13.5. The zero-order chi connectivity index (χ0) is 18.5. The van der Waals surface area contributed by atoms with E-state index in [-0.39, 0.29) is 23.0 Å². The van der Waals surface area contributed by atoms with Crippen LogP contribution in [0.5, 0.6) is 0 Å². The molecule has 0 spiro atoms. The molecule has 0 aromatic heterocycles. The van der Waals surface area contributed by atoms with E-state index in [1.165, 1.54) is 0 Å². The van der Waals surface area contributed by atoms with E-state index in [1.54, 1.807) is 20.8 Å². The molecule has 0 bridgehead atoms. The summed E-state index contributed by atoms with van der Waals surface area (Å²) in [6.07, 6.45) is 0.553. The van der Waals surface area contributed by atoms with Crippen molar-refractivity contribution in [2.75, 3.05) is 6.67 Å². The zero-order valence-corrected chi connectivity index (χ0v) is 15.5. The summed E-state index contributed by atoms with van der Waals surface area (Å²) < 4.78 is 19.2. The van der Waals surface area contributed by atoms with Crippen molar-refractivity contribution in [2.45, 2.75) is 77.7 Å². The molecule has 2 fully saturated rings. The average Bonchev–Trinajstić information content (AvgIpc) is 2.93. The van der Waals surface area contributed by atoms with Crippen LogP contribution in [-0.2, 0) is 14.3 Å². The maximum Gasteiger partial charge on any atom is 0.323 e. The summed E-state index contributed by atoms with van der Waals surface area (Å²) in [5.74, 6) is -1.17. The fourth-order valence-corrected chi connectivity index (χ4v) is 4.43. The first-order valence-corrected chi connectivity index (χ1v) is 8.67. The van der Waals surface area contributed by atoms with Gasteiger partial charge in [0.1, 0.15) is 18.8 Å². The third kappa shape index (κ3) is 2.99. The number of carbonyl (C=O) groups is 2. The van der Waals surface area contributed by atoms with Gasteiger partial charge in [0.05, 0.1) is 11.1 Å². The fraction of sp³-hybridized carbons (Fsp3) is 0.889. The predicted molar refractivity (Wildman–Crippen MR) is 88.6 cm³/mol. The van der Waals surface area contributed by atoms with E-state index >= 15 is 0 Å². The summed E-state index contributed by atoms with van der Waals surface area (Å²) in [7, 11) is 0. The van der Waals surface area contributed by atoms with Gasteiger partial charge in [0.15, 0.2) is 5.78 Å². The van der Waals surface area contributed by atoms with Crippen LogP contribution in [0.25, 0.3) is 0 Å². The molecule has 6 heteroatoms. The van der Waals surface area contributed by atoms with E-state index in [1.807, 2.05) is 20.8 Å². The molecular formula is C18H30FNO4. The largest absolute Gasteiger partial charge is 0.480 e. The van der Waals surface area contributed by atoms with E-state index in [4.69, 9.17) is 4.74 Å². The minimum atomic E-state index is -1.26. The van der Waals surface area contributed by atoms with Crippen LogP contribution >= 0.6 is 0 Å². The first-order valence-electron chi connectivity index (χ1n) is 8.67. The Balaban J connectivity index is 2.30. The maximum atomic E-state index is 13.5. The van der Waals surface area contributed by atoms with Crippen LogP contribution < -0.4 is 5.32 Å². The van der Waals surface area contributed by atoms with Gasteiger partial charge in [-0.15, -0.1) is 0 Å². The number of ether oxygens (including phenoxy) is 1. The Morgan fingerprint density at radius 2 is 2.00 bits per heavy atom. The lowest BCUT2D eigenvalue weighted by molar-refractivity contribution is -0.151. The summed E-state index contributed by atoms with van der Waals surface area (Å²) in [5.41, 5.74) is -1.89. The van der Waals surface area contributed by atoms with Crippen LogP contribution in [0, 0.1) is 17.3 Å². The van der Waals surface area contributed by atoms with E-state index in [2.05, 4.69) is 5.32 Å². The van der Waals surface area contributed by atoms with Crippen molar-refractivity contribution in [1.29, 1.82) is 0 Å². The van der Waals surface area contributed by atoms with Gasteiger partial charge in [-0.3, -0.25) is 14.9 Å². The summed E-state index contributed by atoms with van der Waals surface area (Å²) in [6, 6.07) is -1.26. The lowest BCUT2D eigenvalue weighted by Gasteiger charge is -2.35. The molecule has 0 saturated heterocycles. The molecule has 0 aromatic rings. The number of Topliss-reactive ketones (excluding diaryl/α,β-unsaturated/α-hetero) is 1. The van der Waals surface area contributed by atoms with E-state index in [0.29, 0.717) is 0 Å². The van der Waals surface area contributed by atoms with Crippen LogP contribution in [0.1, 0.15) is 54.4 Å². The standard InChI is InChI=1S/C18H30FNO4/c1-10-7-8-12-17(5,6)18(12,14(10)21)20-13(15(22)23)11(9-19)24-16(2,3)4/h10-13,20H,7-9H2,1-6H3,(H,22,23). The van der Waals surface area contributed by atoms with Gasteiger partial charge >= 0.3 is 5.97 Å². The molecule has 0 aliphatic heterocycles. The number of hydrogen-bond donors (Lipinski definition) is 2. The molecule has 0 aromatic carbocycles. The van der Waals surface area contributed by atoms with Crippen LogP contribution in [0.2, 0.25) is 0 Å². The first-order chi connectivity index (χ1) is 10.9. The van der Waals surface area contributed by atoms with E-state index in [0.717, 1.165) is 12.8 Å². The number of carboxylic acids is 1. The Bertz CT molecular complexity index is 528. The van der Waals surface area contributed by atoms with Crippen LogP contribution in [0.15, 0.2) is 0 Å². The quantitative estimate of drug-likeness (QED) is 0.775. The molecule has 2 N–H and O–H groups in total. The molecule has 2 rings (SSSR count). The number of hydrogen-bond acceptors (Lipinski definition) is 4. The highest BCUT2D eigenvalue weighted by Gasteiger charge is 2.77. The van der Waals surface area contributed by atoms with E-state index < -0.39 is 35.9 Å². The highest BCUT2D eigenvalue weighted by molar-refractivity contribution is 5.97. The lowest BCUT2D eigenvalue weighted by Crippen LogP contribution is -2.60. The summed E-state index contributed by atoms with van der Waals surface area (Å²) in [6.45, 7) is 10.2. The number of carbonyl (C=O) groups excluding carboxylic acids is 1. The Labute approximate surface area is 143 Å². The smallest absolute Gasteiger partial charge is 0.323 e. The SMILES string of the molecule is CC1CCC2C(C)(C)C2(NC(C(=O)O)C(CF)OC(C)(C)C)C1=O.